The van der Waals surface area contributed by atoms with Gasteiger partial charge in [0, 0.05) is 23.1 Å². The Morgan fingerprint density at radius 2 is 1.93 bits per heavy atom. The zero-order valence-electron chi connectivity index (χ0n) is 14.6. The highest BCUT2D eigenvalue weighted by Gasteiger charge is 2.14. The smallest absolute Gasteiger partial charge is 0.255 e. The van der Waals surface area contributed by atoms with Crippen molar-refractivity contribution in [3.63, 3.8) is 0 Å². The number of anilines is 2. The first-order valence-electron chi connectivity index (χ1n) is 8.29. The fourth-order valence-electron chi connectivity index (χ4n) is 2.70. The number of nitrogens with one attached hydrogen (secondary N) is 3. The van der Waals surface area contributed by atoms with Gasteiger partial charge in [-0.15, -0.1) is 21.6 Å². The molecule has 5 N–H and O–H groups in total. The van der Waals surface area contributed by atoms with Crippen LogP contribution in [0.4, 0.5) is 11.4 Å². The van der Waals surface area contributed by atoms with Gasteiger partial charge in [-0.3, -0.25) is 10.2 Å². The molecule has 27 heavy (non-hydrogen) atoms. The van der Waals surface area contributed by atoms with Gasteiger partial charge in [0.05, 0.1) is 11.4 Å². The van der Waals surface area contributed by atoms with Crippen molar-refractivity contribution < 1.29 is 4.79 Å². The molecule has 8 heteroatoms. The zero-order chi connectivity index (χ0) is 18.8. The molecule has 1 amide bonds. The lowest BCUT2D eigenvalue weighted by molar-refractivity contribution is 0.102. The third-order valence-electron chi connectivity index (χ3n) is 4.11. The molecule has 0 aliphatic carbocycles. The van der Waals surface area contributed by atoms with Crippen LogP contribution in [0.3, 0.4) is 0 Å². The summed E-state index contributed by atoms with van der Waals surface area (Å²) in [5.74, 6) is 0.477. The topological polar surface area (TPSA) is 94.8 Å². The third-order valence-corrected chi connectivity index (χ3v) is 5.03. The number of carbonyl (C=O) groups is 1. The molecule has 136 valence electrons. The number of amidine groups is 1. The van der Waals surface area contributed by atoms with Crippen LogP contribution >= 0.6 is 11.3 Å². The summed E-state index contributed by atoms with van der Waals surface area (Å²) in [5.41, 5.74) is 15.4. The molecule has 0 atom stereocenters. The molecule has 1 aliphatic rings. The van der Waals surface area contributed by atoms with Crippen LogP contribution in [0.1, 0.15) is 15.9 Å². The van der Waals surface area contributed by atoms with E-state index in [4.69, 9.17) is 5.73 Å². The van der Waals surface area contributed by atoms with Gasteiger partial charge < -0.3 is 11.1 Å². The molecule has 0 unspecified atom stereocenters. The van der Waals surface area contributed by atoms with Gasteiger partial charge in [0.15, 0.2) is 5.84 Å². The second kappa shape index (κ2) is 7.10. The summed E-state index contributed by atoms with van der Waals surface area (Å²) in [6.07, 6.45) is 0. The van der Waals surface area contributed by atoms with Gasteiger partial charge in [0.2, 0.25) is 0 Å². The number of amides is 1. The molecular weight excluding hydrogens is 360 g/mol. The molecule has 0 saturated heterocycles. The highest BCUT2D eigenvalue weighted by atomic mass is 32.1. The molecule has 2 aromatic carbocycles. The Kier molecular flexibility index (Phi) is 4.49. The average Bonchev–Trinajstić information content (AvgIpc) is 3.35. The summed E-state index contributed by atoms with van der Waals surface area (Å²) in [7, 11) is 1.81. The fraction of sp³-hybridized carbons (Fsp3) is 0.0526. The maximum atomic E-state index is 12.6. The Balaban J connectivity index is 1.51. The van der Waals surface area contributed by atoms with Crippen LogP contribution in [-0.4, -0.2) is 23.9 Å². The van der Waals surface area contributed by atoms with E-state index in [-0.39, 0.29) is 5.91 Å². The van der Waals surface area contributed by atoms with E-state index in [1.54, 1.807) is 34.7 Å². The van der Waals surface area contributed by atoms with Crippen LogP contribution in [0.5, 0.6) is 0 Å². The number of nitrogen functional groups attached to an aromatic ring is 1. The van der Waals surface area contributed by atoms with Crippen molar-refractivity contribution in [1.82, 2.24) is 16.1 Å². The van der Waals surface area contributed by atoms with E-state index in [0.29, 0.717) is 22.8 Å². The minimum atomic E-state index is -0.215. The van der Waals surface area contributed by atoms with Gasteiger partial charge in [-0.05, 0) is 41.3 Å². The molecule has 0 bridgehead atoms. The average molecular weight is 378 g/mol. The van der Waals surface area contributed by atoms with Crippen LogP contribution in [0.15, 0.2) is 65.1 Å². The first-order valence-corrected chi connectivity index (χ1v) is 9.17. The van der Waals surface area contributed by atoms with Crippen molar-refractivity contribution >= 4 is 34.5 Å². The first-order chi connectivity index (χ1) is 13.1. The van der Waals surface area contributed by atoms with Gasteiger partial charge in [-0.1, -0.05) is 24.3 Å². The van der Waals surface area contributed by atoms with E-state index in [2.05, 4.69) is 21.4 Å². The fourth-order valence-corrected chi connectivity index (χ4v) is 3.42. The summed E-state index contributed by atoms with van der Waals surface area (Å²) < 4.78 is 0. The number of hydrogen-bond acceptors (Lipinski definition) is 7. The van der Waals surface area contributed by atoms with Crippen LogP contribution in [0.25, 0.3) is 10.4 Å². The van der Waals surface area contributed by atoms with Crippen LogP contribution in [0, 0.1) is 0 Å². The number of rotatable bonds is 4. The number of nitrogens with two attached hydrogens (primary N) is 1. The minimum Gasteiger partial charge on any atom is -0.397 e. The molecule has 3 aromatic rings. The molecule has 0 spiro atoms. The van der Waals surface area contributed by atoms with Gasteiger partial charge in [-0.2, -0.15) is 0 Å². The van der Waals surface area contributed by atoms with Gasteiger partial charge >= 0.3 is 0 Å². The lowest BCUT2D eigenvalue weighted by Crippen LogP contribution is -2.37. The highest BCUT2D eigenvalue weighted by molar-refractivity contribution is 7.13. The van der Waals surface area contributed by atoms with Gasteiger partial charge in [0.1, 0.15) is 0 Å². The summed E-state index contributed by atoms with van der Waals surface area (Å²) in [4.78, 5) is 13.7. The number of hydrogen-bond donors (Lipinski definition) is 4. The molecule has 1 aromatic heterocycles. The Morgan fingerprint density at radius 3 is 2.59 bits per heavy atom. The molecule has 0 saturated carbocycles. The van der Waals surface area contributed by atoms with E-state index in [1.807, 2.05) is 48.8 Å². The Morgan fingerprint density at radius 1 is 1.15 bits per heavy atom. The molecule has 4 rings (SSSR count). The van der Waals surface area contributed by atoms with Crippen molar-refractivity contribution in [2.75, 3.05) is 18.1 Å². The van der Waals surface area contributed by atoms with Crippen LogP contribution < -0.4 is 22.0 Å². The summed E-state index contributed by atoms with van der Waals surface area (Å²) in [6, 6.07) is 16.9. The maximum absolute atomic E-state index is 12.6. The van der Waals surface area contributed by atoms with Crippen molar-refractivity contribution in [3.8, 4) is 10.4 Å². The quantitative estimate of drug-likeness (QED) is 0.524. The number of nitrogens with zero attached hydrogens (tertiary/aromatic N) is 2. The summed E-state index contributed by atoms with van der Waals surface area (Å²) in [5, 5.41) is 10.7. The lowest BCUT2D eigenvalue weighted by atomic mass is 10.1. The number of hydrazine groups is 2. The minimum absolute atomic E-state index is 0.215. The molecule has 0 radical (unpaired) electrons. The standard InChI is InChI=1S/C19H18N6OS/c1-25-23-18(22-24-25)12-4-6-13(7-5-12)19(26)21-16-11-14(8-9-15(16)20)17-3-2-10-27-17/h2-11,24H,20H2,1H3,(H,21,26)(H,22,23). The number of carbonyl (C=O) groups excluding carboxylic acids is 1. The number of benzene rings is 2. The monoisotopic (exact) mass is 378 g/mol. The van der Waals surface area contributed by atoms with Crippen molar-refractivity contribution in [2.24, 2.45) is 5.10 Å². The highest BCUT2D eigenvalue weighted by Crippen LogP contribution is 2.30. The number of thiophene rings is 1. The predicted molar refractivity (Wildman–Crippen MR) is 109 cm³/mol. The van der Waals surface area contributed by atoms with E-state index < -0.39 is 0 Å². The van der Waals surface area contributed by atoms with Gasteiger partial charge in [-0.25, -0.2) is 5.53 Å². The van der Waals surface area contributed by atoms with E-state index in [1.165, 1.54) is 0 Å². The number of hydrazone groups is 1. The summed E-state index contributed by atoms with van der Waals surface area (Å²) >= 11 is 1.64. The third kappa shape index (κ3) is 3.62. The molecule has 0 fully saturated rings. The van der Waals surface area contributed by atoms with Gasteiger partial charge in [0.25, 0.3) is 5.91 Å². The molecule has 2 heterocycles. The second-order valence-corrected chi connectivity index (χ2v) is 6.99. The normalized spacial score (nSPS) is 13.6. The van der Waals surface area contributed by atoms with Crippen molar-refractivity contribution in [3.05, 3.63) is 71.1 Å². The SMILES string of the molecule is CN1NN=C(c2ccc(C(=O)Nc3cc(-c4cccs4)ccc3N)cc2)N1. The van der Waals surface area contributed by atoms with Crippen LogP contribution in [-0.2, 0) is 0 Å². The second-order valence-electron chi connectivity index (χ2n) is 6.04. The van der Waals surface area contributed by atoms with E-state index in [0.717, 1.165) is 16.0 Å². The molecular formula is C19H18N6OS. The molecule has 7 nitrogen and oxygen atoms in total. The van der Waals surface area contributed by atoms with Crippen molar-refractivity contribution in [2.45, 2.75) is 0 Å². The summed E-state index contributed by atoms with van der Waals surface area (Å²) in [6.45, 7) is 0. The lowest BCUT2D eigenvalue weighted by Gasteiger charge is -2.11. The Bertz CT molecular complexity index is 998. The zero-order valence-corrected chi connectivity index (χ0v) is 15.4. The predicted octanol–water partition coefficient (Wildman–Crippen LogP) is 2.87. The Hall–Kier alpha value is -3.36. The van der Waals surface area contributed by atoms with Crippen molar-refractivity contribution in [1.29, 1.82) is 0 Å². The van der Waals surface area contributed by atoms with Crippen LogP contribution in [0.2, 0.25) is 0 Å². The molecule has 1 aliphatic heterocycles. The first kappa shape index (κ1) is 17.1. The Labute approximate surface area is 160 Å². The maximum Gasteiger partial charge on any atom is 0.255 e. The largest absolute Gasteiger partial charge is 0.397 e. The van der Waals surface area contributed by atoms with E-state index >= 15 is 0 Å². The van der Waals surface area contributed by atoms with E-state index in [9.17, 15) is 4.79 Å².